The molecule has 0 aromatic rings. The molecule has 14 heavy (non-hydrogen) atoms. The van der Waals surface area contributed by atoms with Crippen molar-refractivity contribution in [3.05, 3.63) is 0 Å². The van der Waals surface area contributed by atoms with Crippen molar-refractivity contribution >= 4 is 0 Å². The topological polar surface area (TPSA) is 38.7 Å². The van der Waals surface area contributed by atoms with Crippen LogP contribution in [0.2, 0.25) is 0 Å². The monoisotopic (exact) mass is 200 g/mol. The highest BCUT2D eigenvalue weighted by molar-refractivity contribution is 4.92. The van der Waals surface area contributed by atoms with E-state index in [1.54, 1.807) is 0 Å². The Morgan fingerprint density at radius 3 is 2.79 bits per heavy atom. The molecule has 3 atom stereocenters. The van der Waals surface area contributed by atoms with Crippen LogP contribution >= 0.6 is 0 Å². The van der Waals surface area contributed by atoms with Gasteiger partial charge in [-0.05, 0) is 32.6 Å². The van der Waals surface area contributed by atoms with Crippen molar-refractivity contribution in [3.63, 3.8) is 0 Å². The summed E-state index contributed by atoms with van der Waals surface area (Å²) in [7, 11) is 0. The highest BCUT2D eigenvalue weighted by atomic mass is 16.5. The molecule has 0 aromatic carbocycles. The number of aliphatic hydroxyl groups excluding tert-OH is 1. The first kappa shape index (κ1) is 10.4. The van der Waals surface area contributed by atoms with Gasteiger partial charge >= 0.3 is 0 Å². The fourth-order valence-electron chi connectivity index (χ4n) is 2.55. The maximum Gasteiger partial charge on any atom is 0.0916 e. The molecule has 2 aliphatic rings. The van der Waals surface area contributed by atoms with Crippen molar-refractivity contribution in [1.82, 2.24) is 0 Å². The molecule has 2 heterocycles. The van der Waals surface area contributed by atoms with E-state index >= 15 is 0 Å². The average Bonchev–Trinajstić information content (AvgIpc) is 2.67. The lowest BCUT2D eigenvalue weighted by atomic mass is 9.83. The molecule has 0 aliphatic carbocycles. The van der Waals surface area contributed by atoms with Gasteiger partial charge in [-0.2, -0.15) is 0 Å². The van der Waals surface area contributed by atoms with Crippen LogP contribution in [-0.2, 0) is 9.47 Å². The van der Waals surface area contributed by atoms with E-state index in [-0.39, 0.29) is 17.6 Å². The number of hydrogen-bond acceptors (Lipinski definition) is 3. The fourth-order valence-corrected chi connectivity index (χ4v) is 2.55. The van der Waals surface area contributed by atoms with Gasteiger partial charge < -0.3 is 14.6 Å². The summed E-state index contributed by atoms with van der Waals surface area (Å²) >= 11 is 0. The van der Waals surface area contributed by atoms with Crippen LogP contribution in [0.4, 0.5) is 0 Å². The van der Waals surface area contributed by atoms with Gasteiger partial charge in [0.25, 0.3) is 0 Å². The summed E-state index contributed by atoms with van der Waals surface area (Å²) in [6.45, 7) is 4.36. The Balaban J connectivity index is 1.95. The third-order valence-electron chi connectivity index (χ3n) is 3.52. The van der Waals surface area contributed by atoms with Crippen LogP contribution in [0.5, 0.6) is 0 Å². The van der Waals surface area contributed by atoms with E-state index in [9.17, 15) is 5.11 Å². The molecular formula is C11H20O3. The zero-order valence-electron chi connectivity index (χ0n) is 8.87. The van der Waals surface area contributed by atoms with Gasteiger partial charge in [0.1, 0.15) is 0 Å². The first-order chi connectivity index (χ1) is 6.72. The van der Waals surface area contributed by atoms with E-state index in [1.807, 2.05) is 6.92 Å². The van der Waals surface area contributed by atoms with Crippen molar-refractivity contribution in [3.8, 4) is 0 Å². The van der Waals surface area contributed by atoms with E-state index in [2.05, 4.69) is 0 Å². The molecule has 2 fully saturated rings. The van der Waals surface area contributed by atoms with E-state index < -0.39 is 0 Å². The van der Waals surface area contributed by atoms with Gasteiger partial charge in [0, 0.05) is 19.1 Å². The van der Waals surface area contributed by atoms with Gasteiger partial charge in [-0.25, -0.2) is 0 Å². The molecule has 0 amide bonds. The smallest absolute Gasteiger partial charge is 0.0916 e. The zero-order chi connectivity index (χ0) is 10.0. The van der Waals surface area contributed by atoms with Crippen LogP contribution in [0.1, 0.15) is 32.6 Å². The maximum absolute atomic E-state index is 10.2. The van der Waals surface area contributed by atoms with Crippen molar-refractivity contribution in [1.29, 1.82) is 0 Å². The normalized spacial score (nSPS) is 41.1. The minimum Gasteiger partial charge on any atom is -0.390 e. The van der Waals surface area contributed by atoms with E-state index in [0.717, 1.165) is 38.9 Å². The van der Waals surface area contributed by atoms with Gasteiger partial charge in [-0.3, -0.25) is 0 Å². The molecule has 0 bridgehead atoms. The van der Waals surface area contributed by atoms with Gasteiger partial charge in [-0.1, -0.05) is 0 Å². The second-order valence-corrected chi connectivity index (χ2v) is 4.69. The molecule has 3 unspecified atom stereocenters. The fraction of sp³-hybridized carbons (Fsp3) is 1.00. The Morgan fingerprint density at radius 1 is 1.36 bits per heavy atom. The predicted molar refractivity (Wildman–Crippen MR) is 53.1 cm³/mol. The summed E-state index contributed by atoms with van der Waals surface area (Å²) in [6, 6.07) is 0. The van der Waals surface area contributed by atoms with Crippen LogP contribution in [0, 0.1) is 5.92 Å². The van der Waals surface area contributed by atoms with Crippen molar-refractivity contribution in [2.45, 2.75) is 44.3 Å². The number of hydrogen-bond donors (Lipinski definition) is 1. The molecule has 2 saturated heterocycles. The Hall–Kier alpha value is -0.120. The summed E-state index contributed by atoms with van der Waals surface area (Å²) < 4.78 is 11.0. The molecule has 0 saturated carbocycles. The third-order valence-corrected chi connectivity index (χ3v) is 3.52. The summed E-state index contributed by atoms with van der Waals surface area (Å²) in [4.78, 5) is 0. The molecular weight excluding hydrogens is 180 g/mol. The van der Waals surface area contributed by atoms with Crippen molar-refractivity contribution < 1.29 is 14.6 Å². The molecule has 3 heteroatoms. The summed E-state index contributed by atoms with van der Waals surface area (Å²) in [5, 5.41) is 10.2. The molecule has 2 aliphatic heterocycles. The second-order valence-electron chi connectivity index (χ2n) is 4.69. The van der Waals surface area contributed by atoms with Gasteiger partial charge in [-0.15, -0.1) is 0 Å². The number of rotatable bonds is 2. The molecule has 2 rings (SSSR count). The first-order valence-electron chi connectivity index (χ1n) is 5.62. The van der Waals surface area contributed by atoms with Crippen LogP contribution in [0.25, 0.3) is 0 Å². The van der Waals surface area contributed by atoms with Gasteiger partial charge in [0.05, 0.1) is 18.3 Å². The van der Waals surface area contributed by atoms with Gasteiger partial charge in [0.2, 0.25) is 0 Å². The lowest BCUT2D eigenvalue weighted by Crippen LogP contribution is -2.46. The lowest BCUT2D eigenvalue weighted by molar-refractivity contribution is -0.124. The Bertz CT molecular complexity index is 181. The molecule has 0 radical (unpaired) electrons. The molecule has 82 valence electrons. The molecule has 0 aromatic heterocycles. The summed E-state index contributed by atoms with van der Waals surface area (Å²) in [5.74, 6) is 0.270. The van der Waals surface area contributed by atoms with Crippen LogP contribution in [0.15, 0.2) is 0 Å². The Kier molecular flexibility index (Phi) is 3.10. The number of aliphatic hydroxyl groups is 1. The van der Waals surface area contributed by atoms with E-state index in [4.69, 9.17) is 9.47 Å². The summed E-state index contributed by atoms with van der Waals surface area (Å²) in [6.07, 6.45) is 3.83. The standard InChI is InChI=1S/C11H20O3/c1-11(5-3-7-14-11)10(12)9-4-2-6-13-8-9/h9-10,12H,2-8H2,1H3. The largest absolute Gasteiger partial charge is 0.390 e. The Labute approximate surface area is 85.4 Å². The zero-order valence-corrected chi connectivity index (χ0v) is 8.87. The van der Waals surface area contributed by atoms with Crippen LogP contribution < -0.4 is 0 Å². The van der Waals surface area contributed by atoms with E-state index in [0.29, 0.717) is 6.61 Å². The average molecular weight is 200 g/mol. The molecule has 1 N–H and O–H groups in total. The minimum atomic E-state index is -0.356. The van der Waals surface area contributed by atoms with Gasteiger partial charge in [0.15, 0.2) is 0 Å². The first-order valence-corrected chi connectivity index (χ1v) is 5.62. The predicted octanol–water partition coefficient (Wildman–Crippen LogP) is 1.34. The quantitative estimate of drug-likeness (QED) is 0.731. The summed E-state index contributed by atoms with van der Waals surface area (Å²) in [5.41, 5.74) is -0.314. The molecule has 3 nitrogen and oxygen atoms in total. The van der Waals surface area contributed by atoms with Crippen molar-refractivity contribution in [2.24, 2.45) is 5.92 Å². The number of ether oxygens (including phenoxy) is 2. The second kappa shape index (κ2) is 4.17. The van der Waals surface area contributed by atoms with E-state index in [1.165, 1.54) is 0 Å². The van der Waals surface area contributed by atoms with Crippen LogP contribution in [0.3, 0.4) is 0 Å². The molecule has 0 spiro atoms. The SMILES string of the molecule is CC1(C(O)C2CCCOC2)CCCO1. The Morgan fingerprint density at radius 2 is 2.21 bits per heavy atom. The maximum atomic E-state index is 10.2. The third kappa shape index (κ3) is 1.95. The van der Waals surface area contributed by atoms with Crippen molar-refractivity contribution in [2.75, 3.05) is 19.8 Å². The highest BCUT2D eigenvalue weighted by Gasteiger charge is 2.41. The lowest BCUT2D eigenvalue weighted by Gasteiger charge is -2.36. The highest BCUT2D eigenvalue weighted by Crippen LogP contribution is 2.34. The minimum absolute atomic E-state index is 0.270. The van der Waals surface area contributed by atoms with Crippen LogP contribution in [-0.4, -0.2) is 36.6 Å².